The first-order valence-electron chi connectivity index (χ1n) is 29.2. The maximum Gasteiger partial charge on any atom is 0.192 e. The van der Waals surface area contributed by atoms with Crippen LogP contribution in [0.2, 0.25) is 18.1 Å². The average Bonchev–Trinajstić information content (AvgIpc) is 3.56. The second-order valence-electron chi connectivity index (χ2n) is 22.7. The molecule has 10 atom stereocenters. The Morgan fingerprint density at radius 1 is 0.350 bits per heavy atom. The molecule has 2 fully saturated rings. The summed E-state index contributed by atoms with van der Waals surface area (Å²) in [6, 6.07) is 61.1. The Morgan fingerprint density at radius 2 is 0.650 bits per heavy atom. The first kappa shape index (κ1) is 61.2. The zero-order valence-corrected chi connectivity index (χ0v) is 49.2. The quantitative estimate of drug-likeness (QED) is 0.0298. The van der Waals surface area contributed by atoms with E-state index in [9.17, 15) is 0 Å². The van der Waals surface area contributed by atoms with Crippen LogP contribution in [0.4, 0.5) is 0 Å². The van der Waals surface area contributed by atoms with Crippen molar-refractivity contribution in [2.24, 2.45) is 0 Å². The zero-order chi connectivity index (χ0) is 55.8. The van der Waals surface area contributed by atoms with Crippen LogP contribution >= 0.6 is 0 Å². The van der Waals surface area contributed by atoms with Crippen molar-refractivity contribution in [2.45, 2.75) is 185 Å². The van der Waals surface area contributed by atoms with Crippen LogP contribution in [0, 0.1) is 0 Å². The normalized spacial score (nSPS) is 23.5. The minimum absolute atomic E-state index is 0.0134. The second kappa shape index (κ2) is 32.1. The molecule has 0 saturated carbocycles. The summed E-state index contributed by atoms with van der Waals surface area (Å²) >= 11 is 0. The Labute approximate surface area is 478 Å². The van der Waals surface area contributed by atoms with Gasteiger partial charge in [-0.05, 0) is 57.9 Å². The fourth-order valence-electron chi connectivity index (χ4n) is 9.81. The standard InChI is InChI=1S/C68H88O11Si/c1-7-8-9-10-11-30-43-69-66-64(74-48-56-39-26-16-27-40-56)62(72-46-54-35-22-14-23-36-54)60(70-44-52-31-18-12-19-32-52)58(78-66)50-76-67-65(75-49-57-41-28-17-29-42-57)63(73-47-55-37-24-15-25-38-55)61(71-45-53-33-20-13-21-34-53)59(79-67)51-77-80(5,6)68(2,3)4/h12-29,31-42,58-67H,7-11,30,43-51H2,1-6H3/t58-,59-,60+,61+,62+,63+,64-,65-,66-,67-/m1/s1. The van der Waals surface area contributed by atoms with E-state index < -0.39 is 69.7 Å². The zero-order valence-electron chi connectivity index (χ0n) is 48.2. The molecule has 2 aliphatic rings. The number of hydrogen-bond acceptors (Lipinski definition) is 11. The predicted octanol–water partition coefficient (Wildman–Crippen LogP) is 14.4. The van der Waals surface area contributed by atoms with Gasteiger partial charge in [0.25, 0.3) is 0 Å². The molecule has 0 unspecified atom stereocenters. The lowest BCUT2D eigenvalue weighted by Crippen LogP contribution is -2.64. The van der Waals surface area contributed by atoms with Crippen LogP contribution in [-0.4, -0.2) is 89.5 Å². The lowest BCUT2D eigenvalue weighted by Gasteiger charge is -2.48. The van der Waals surface area contributed by atoms with Crippen molar-refractivity contribution in [3.05, 3.63) is 215 Å². The first-order valence-corrected chi connectivity index (χ1v) is 32.1. The van der Waals surface area contributed by atoms with Crippen molar-refractivity contribution in [3.8, 4) is 0 Å². The van der Waals surface area contributed by atoms with Crippen LogP contribution in [-0.2, 0) is 91.4 Å². The minimum Gasteiger partial charge on any atom is -0.414 e. The van der Waals surface area contributed by atoms with E-state index in [0.717, 1.165) is 52.6 Å². The summed E-state index contributed by atoms with van der Waals surface area (Å²) < 4.78 is 78.1. The number of rotatable bonds is 32. The summed E-state index contributed by atoms with van der Waals surface area (Å²) in [6.07, 6.45) is -0.627. The lowest BCUT2D eigenvalue weighted by atomic mass is 9.96. The van der Waals surface area contributed by atoms with E-state index in [1.54, 1.807) is 0 Å². The molecule has 8 rings (SSSR count). The van der Waals surface area contributed by atoms with Crippen LogP contribution in [0.15, 0.2) is 182 Å². The monoisotopic (exact) mass is 1110 g/mol. The smallest absolute Gasteiger partial charge is 0.192 e. The largest absolute Gasteiger partial charge is 0.414 e. The van der Waals surface area contributed by atoms with Gasteiger partial charge in [0.05, 0.1) is 52.9 Å². The van der Waals surface area contributed by atoms with Gasteiger partial charge in [0.15, 0.2) is 20.9 Å². The van der Waals surface area contributed by atoms with Crippen LogP contribution in [0.1, 0.15) is 99.6 Å². The fraction of sp³-hybridized carbons (Fsp3) is 0.471. The van der Waals surface area contributed by atoms with Gasteiger partial charge >= 0.3 is 0 Å². The molecule has 0 bridgehead atoms. The highest BCUT2D eigenvalue weighted by Gasteiger charge is 2.53. The fourth-order valence-corrected chi connectivity index (χ4v) is 10.8. The van der Waals surface area contributed by atoms with E-state index in [0.29, 0.717) is 33.0 Å². The van der Waals surface area contributed by atoms with Crippen molar-refractivity contribution < 1.29 is 51.8 Å². The maximum absolute atomic E-state index is 7.28. The Morgan fingerprint density at radius 3 is 1.00 bits per heavy atom. The highest BCUT2D eigenvalue weighted by Crippen LogP contribution is 2.39. The van der Waals surface area contributed by atoms with Gasteiger partial charge in [0.1, 0.15) is 48.8 Å². The van der Waals surface area contributed by atoms with E-state index in [-0.39, 0.29) is 31.5 Å². The molecule has 430 valence electrons. The van der Waals surface area contributed by atoms with Gasteiger partial charge in [-0.3, -0.25) is 0 Å². The van der Waals surface area contributed by atoms with Crippen molar-refractivity contribution in [3.63, 3.8) is 0 Å². The summed E-state index contributed by atoms with van der Waals surface area (Å²) in [5, 5.41) is -0.0644. The SMILES string of the molecule is CCCCCCCCO[C@@H]1O[C@H](CO[C@@H]2O[C@H](CO[Si](C)(C)C(C)(C)C)[C@H](OCc3ccccc3)[C@H](OCc3ccccc3)[C@H]2OCc2ccccc2)[C@H](OCc2ccccc2)[C@H](OCc2ccccc2)[C@H]1OCc1ccccc1. The van der Waals surface area contributed by atoms with Gasteiger partial charge in [-0.25, -0.2) is 0 Å². The minimum atomic E-state index is -2.32. The molecule has 0 N–H and O–H groups in total. The van der Waals surface area contributed by atoms with Crippen molar-refractivity contribution in [1.29, 1.82) is 0 Å². The lowest BCUT2D eigenvalue weighted by molar-refractivity contribution is -0.352. The van der Waals surface area contributed by atoms with E-state index in [2.05, 4.69) is 114 Å². The third-order valence-corrected chi connectivity index (χ3v) is 20.0. The average molecular weight is 1110 g/mol. The van der Waals surface area contributed by atoms with Crippen LogP contribution < -0.4 is 0 Å². The topological polar surface area (TPSA) is 102 Å². The molecular weight excluding hydrogens is 1020 g/mol. The Hall–Kier alpha value is -4.90. The van der Waals surface area contributed by atoms with Gasteiger partial charge in [0, 0.05) is 6.61 Å². The van der Waals surface area contributed by atoms with Gasteiger partial charge in [0.2, 0.25) is 0 Å². The summed E-state index contributed by atoms with van der Waals surface area (Å²) in [5.74, 6) is 0. The molecule has 0 amide bonds. The number of hydrogen-bond donors (Lipinski definition) is 0. The molecule has 6 aromatic carbocycles. The predicted molar refractivity (Wildman–Crippen MR) is 316 cm³/mol. The molecule has 6 aromatic rings. The Bertz CT molecular complexity index is 2570. The molecule has 0 aromatic heterocycles. The highest BCUT2D eigenvalue weighted by molar-refractivity contribution is 6.74. The molecule has 0 radical (unpaired) electrons. The molecular formula is C68H88O11Si. The van der Waals surface area contributed by atoms with Crippen molar-refractivity contribution in [1.82, 2.24) is 0 Å². The highest BCUT2D eigenvalue weighted by atomic mass is 28.4. The second-order valence-corrected chi connectivity index (χ2v) is 27.5. The molecule has 12 heteroatoms. The Kier molecular flexibility index (Phi) is 24.5. The van der Waals surface area contributed by atoms with Gasteiger partial charge < -0.3 is 51.8 Å². The van der Waals surface area contributed by atoms with Crippen molar-refractivity contribution >= 4 is 8.32 Å². The van der Waals surface area contributed by atoms with E-state index in [1.165, 1.54) is 19.3 Å². The maximum atomic E-state index is 7.28. The number of ether oxygens (including phenoxy) is 10. The van der Waals surface area contributed by atoms with E-state index in [4.69, 9.17) is 51.8 Å². The third kappa shape index (κ3) is 18.8. The third-order valence-electron chi connectivity index (χ3n) is 15.5. The summed E-state index contributed by atoms with van der Waals surface area (Å²) in [7, 11) is -2.32. The Balaban J connectivity index is 1.17. The summed E-state index contributed by atoms with van der Waals surface area (Å²) in [6.45, 7) is 16.0. The molecule has 2 saturated heterocycles. The van der Waals surface area contributed by atoms with Crippen LogP contribution in [0.25, 0.3) is 0 Å². The van der Waals surface area contributed by atoms with Crippen molar-refractivity contribution in [2.75, 3.05) is 19.8 Å². The molecule has 11 nitrogen and oxygen atoms in total. The van der Waals surface area contributed by atoms with Gasteiger partial charge in [-0.1, -0.05) is 242 Å². The summed E-state index contributed by atoms with van der Waals surface area (Å²) in [5.41, 5.74) is 6.08. The number of unbranched alkanes of at least 4 members (excludes halogenated alkanes) is 5. The first-order chi connectivity index (χ1) is 39.0. The van der Waals surface area contributed by atoms with Gasteiger partial charge in [-0.15, -0.1) is 0 Å². The molecule has 0 aliphatic carbocycles. The molecule has 2 heterocycles. The van der Waals surface area contributed by atoms with Gasteiger partial charge in [-0.2, -0.15) is 0 Å². The number of benzene rings is 6. The van der Waals surface area contributed by atoms with E-state index in [1.807, 2.05) is 109 Å². The summed E-state index contributed by atoms with van der Waals surface area (Å²) in [4.78, 5) is 0. The van der Waals surface area contributed by atoms with E-state index >= 15 is 0 Å². The van der Waals surface area contributed by atoms with Crippen LogP contribution in [0.3, 0.4) is 0 Å². The molecule has 2 aliphatic heterocycles. The van der Waals surface area contributed by atoms with Crippen LogP contribution in [0.5, 0.6) is 0 Å². The molecule has 80 heavy (non-hydrogen) atoms. The molecule has 0 spiro atoms.